The summed E-state index contributed by atoms with van der Waals surface area (Å²) in [6.45, 7) is 5.94. The molecule has 0 saturated heterocycles. The second-order valence-electron chi connectivity index (χ2n) is 4.68. The molecule has 0 aliphatic carbocycles. The fourth-order valence-electron chi connectivity index (χ4n) is 1.75. The Balaban J connectivity index is 2.22. The number of nitrogens with one attached hydrogen (secondary N) is 1. The summed E-state index contributed by atoms with van der Waals surface area (Å²) in [5.74, 6) is 0.201. The second-order valence-corrected chi connectivity index (χ2v) is 4.68. The monoisotopic (exact) mass is 239 g/mol. The summed E-state index contributed by atoms with van der Waals surface area (Å²) in [6.07, 6.45) is 2.09. The van der Waals surface area contributed by atoms with Crippen LogP contribution in [0.1, 0.15) is 30.9 Å². The predicted octanol–water partition coefficient (Wildman–Crippen LogP) is 2.63. The molecule has 0 fully saturated rings. The number of aryl methyl sites for hydroxylation is 1. The van der Waals surface area contributed by atoms with E-state index in [0.29, 0.717) is 5.92 Å². The van der Waals surface area contributed by atoms with E-state index in [1.807, 2.05) is 19.9 Å². The molecular formula is C14H22FNO. The summed E-state index contributed by atoms with van der Waals surface area (Å²) < 4.78 is 12.9. The van der Waals surface area contributed by atoms with Crippen molar-refractivity contribution in [1.82, 2.24) is 5.32 Å². The van der Waals surface area contributed by atoms with Crippen LogP contribution in [-0.4, -0.2) is 18.3 Å². The third-order valence-corrected chi connectivity index (χ3v) is 2.98. The van der Waals surface area contributed by atoms with E-state index < -0.39 is 0 Å². The van der Waals surface area contributed by atoms with Gasteiger partial charge in [-0.15, -0.1) is 0 Å². The van der Waals surface area contributed by atoms with E-state index in [1.165, 1.54) is 6.07 Å². The number of hydrogen-bond donors (Lipinski definition) is 2. The topological polar surface area (TPSA) is 32.3 Å². The van der Waals surface area contributed by atoms with Gasteiger partial charge in [0.2, 0.25) is 0 Å². The van der Waals surface area contributed by atoms with Crippen molar-refractivity contribution < 1.29 is 9.50 Å². The van der Waals surface area contributed by atoms with Gasteiger partial charge >= 0.3 is 0 Å². The maximum atomic E-state index is 12.9. The van der Waals surface area contributed by atoms with Crippen LogP contribution in [0.5, 0.6) is 0 Å². The molecule has 0 saturated carbocycles. The fraction of sp³-hybridized carbons (Fsp3) is 0.571. The minimum atomic E-state index is -0.178. The van der Waals surface area contributed by atoms with E-state index in [2.05, 4.69) is 5.32 Å². The Kier molecular flexibility index (Phi) is 6.16. The molecule has 2 N–H and O–H groups in total. The van der Waals surface area contributed by atoms with Crippen LogP contribution in [0.15, 0.2) is 18.2 Å². The van der Waals surface area contributed by atoms with Gasteiger partial charge in [0.15, 0.2) is 0 Å². The third kappa shape index (κ3) is 5.29. The highest BCUT2D eigenvalue weighted by Crippen LogP contribution is 2.10. The zero-order valence-corrected chi connectivity index (χ0v) is 10.7. The molecule has 96 valence electrons. The molecule has 1 rings (SSSR count). The average Bonchev–Trinajstić information content (AvgIpc) is 2.30. The number of hydrogen-bond acceptors (Lipinski definition) is 2. The molecule has 0 bridgehead atoms. The molecule has 1 atom stereocenters. The first kappa shape index (κ1) is 14.1. The number of benzene rings is 1. The van der Waals surface area contributed by atoms with Gasteiger partial charge in [-0.1, -0.05) is 13.0 Å². The van der Waals surface area contributed by atoms with Gasteiger partial charge in [0.05, 0.1) is 0 Å². The normalized spacial score (nSPS) is 12.7. The van der Waals surface area contributed by atoms with Crippen LogP contribution in [0.4, 0.5) is 4.39 Å². The molecule has 0 heterocycles. The van der Waals surface area contributed by atoms with Gasteiger partial charge in [-0.25, -0.2) is 4.39 Å². The summed E-state index contributed by atoms with van der Waals surface area (Å²) in [6, 6.07) is 4.89. The predicted molar refractivity (Wildman–Crippen MR) is 68.3 cm³/mol. The smallest absolute Gasteiger partial charge is 0.123 e. The van der Waals surface area contributed by atoms with Gasteiger partial charge in [-0.2, -0.15) is 0 Å². The molecule has 3 heteroatoms. The molecule has 0 amide bonds. The first-order valence-electron chi connectivity index (χ1n) is 6.20. The van der Waals surface area contributed by atoms with Crippen molar-refractivity contribution in [2.75, 3.05) is 13.2 Å². The molecule has 0 aliphatic heterocycles. The van der Waals surface area contributed by atoms with Crippen LogP contribution in [0.25, 0.3) is 0 Å². The van der Waals surface area contributed by atoms with Crippen molar-refractivity contribution >= 4 is 0 Å². The van der Waals surface area contributed by atoms with E-state index in [0.717, 1.165) is 37.1 Å². The lowest BCUT2D eigenvalue weighted by molar-refractivity contribution is 0.228. The first-order valence-corrected chi connectivity index (χ1v) is 6.20. The van der Waals surface area contributed by atoms with Crippen LogP contribution >= 0.6 is 0 Å². The summed E-state index contributed by atoms with van der Waals surface area (Å²) in [7, 11) is 0. The van der Waals surface area contributed by atoms with E-state index in [-0.39, 0.29) is 12.4 Å². The van der Waals surface area contributed by atoms with E-state index in [4.69, 9.17) is 5.11 Å². The van der Waals surface area contributed by atoms with Crippen molar-refractivity contribution in [1.29, 1.82) is 0 Å². The van der Waals surface area contributed by atoms with Gasteiger partial charge in [-0.3, -0.25) is 0 Å². The number of aliphatic hydroxyl groups excluding tert-OH is 1. The quantitative estimate of drug-likeness (QED) is 0.717. The molecule has 1 unspecified atom stereocenters. The van der Waals surface area contributed by atoms with Crippen LogP contribution < -0.4 is 5.32 Å². The van der Waals surface area contributed by atoms with E-state index in [9.17, 15) is 4.39 Å². The molecular weight excluding hydrogens is 217 g/mol. The van der Waals surface area contributed by atoms with Crippen molar-refractivity contribution in [2.24, 2.45) is 5.92 Å². The minimum absolute atomic E-state index is 0.178. The lowest BCUT2D eigenvalue weighted by atomic mass is 10.1. The highest BCUT2D eigenvalue weighted by atomic mass is 19.1. The fourth-order valence-corrected chi connectivity index (χ4v) is 1.75. The van der Waals surface area contributed by atoms with Crippen molar-refractivity contribution in [3.05, 3.63) is 35.1 Å². The SMILES string of the molecule is Cc1cc(F)ccc1CNCCCC(C)CO. The molecule has 1 aromatic carbocycles. The largest absolute Gasteiger partial charge is 0.396 e. The molecule has 0 radical (unpaired) electrons. The summed E-state index contributed by atoms with van der Waals surface area (Å²) in [5.41, 5.74) is 2.13. The third-order valence-electron chi connectivity index (χ3n) is 2.98. The Hall–Kier alpha value is -0.930. The second kappa shape index (κ2) is 7.41. The highest BCUT2D eigenvalue weighted by molar-refractivity contribution is 5.26. The number of aliphatic hydroxyl groups is 1. The van der Waals surface area contributed by atoms with E-state index >= 15 is 0 Å². The van der Waals surface area contributed by atoms with Gasteiger partial charge in [0, 0.05) is 13.2 Å². The Morgan fingerprint density at radius 1 is 1.41 bits per heavy atom. The minimum Gasteiger partial charge on any atom is -0.396 e. The van der Waals surface area contributed by atoms with Crippen molar-refractivity contribution in [3.8, 4) is 0 Å². The van der Waals surface area contributed by atoms with Crippen LogP contribution in [0.3, 0.4) is 0 Å². The summed E-state index contributed by atoms with van der Waals surface area (Å²) in [5, 5.41) is 12.2. The Labute approximate surface area is 103 Å². The van der Waals surface area contributed by atoms with Crippen LogP contribution in [0.2, 0.25) is 0 Å². The lowest BCUT2D eigenvalue weighted by Crippen LogP contribution is -2.16. The highest BCUT2D eigenvalue weighted by Gasteiger charge is 2.01. The lowest BCUT2D eigenvalue weighted by Gasteiger charge is -2.10. The van der Waals surface area contributed by atoms with Gasteiger partial charge in [0.1, 0.15) is 5.82 Å². The molecule has 2 nitrogen and oxygen atoms in total. The first-order chi connectivity index (χ1) is 8.13. The molecule has 0 aromatic heterocycles. The maximum Gasteiger partial charge on any atom is 0.123 e. The van der Waals surface area contributed by atoms with Gasteiger partial charge in [-0.05, 0) is 55.5 Å². The molecule has 0 aliphatic rings. The molecule has 0 spiro atoms. The Morgan fingerprint density at radius 3 is 2.82 bits per heavy atom. The summed E-state index contributed by atoms with van der Waals surface area (Å²) >= 11 is 0. The number of halogens is 1. The average molecular weight is 239 g/mol. The van der Waals surface area contributed by atoms with Crippen molar-refractivity contribution in [3.63, 3.8) is 0 Å². The molecule has 1 aromatic rings. The van der Waals surface area contributed by atoms with Gasteiger partial charge < -0.3 is 10.4 Å². The van der Waals surface area contributed by atoms with Crippen molar-refractivity contribution in [2.45, 2.75) is 33.2 Å². The summed E-state index contributed by atoms with van der Waals surface area (Å²) in [4.78, 5) is 0. The maximum absolute atomic E-state index is 12.9. The van der Waals surface area contributed by atoms with Gasteiger partial charge in [0.25, 0.3) is 0 Å². The number of rotatable bonds is 7. The van der Waals surface area contributed by atoms with Crippen LogP contribution in [-0.2, 0) is 6.54 Å². The molecule has 17 heavy (non-hydrogen) atoms. The standard InChI is InChI=1S/C14H22FNO/c1-11(10-17)4-3-7-16-9-13-5-6-14(15)8-12(13)2/h5-6,8,11,16-17H,3-4,7,9-10H2,1-2H3. The van der Waals surface area contributed by atoms with Crippen LogP contribution in [0, 0.1) is 18.7 Å². The van der Waals surface area contributed by atoms with E-state index in [1.54, 1.807) is 6.07 Å². The Bertz CT molecular complexity index is 341. The zero-order chi connectivity index (χ0) is 12.7. The zero-order valence-electron chi connectivity index (χ0n) is 10.7. The Morgan fingerprint density at radius 2 is 2.18 bits per heavy atom.